The Morgan fingerprint density at radius 1 is 0.850 bits per heavy atom. The molecule has 6 rings (SSSR count). The first kappa shape index (κ1) is 24.9. The molecular weight excluding hydrogens is 514 g/mol. The molecule has 3 aromatic carbocycles. The zero-order valence-electron chi connectivity index (χ0n) is 21.7. The van der Waals surface area contributed by atoms with Crippen molar-refractivity contribution in [3.63, 3.8) is 0 Å². The summed E-state index contributed by atoms with van der Waals surface area (Å²) in [5.74, 6) is 1.31. The summed E-state index contributed by atoms with van der Waals surface area (Å²) < 4.78 is 22.7. The number of carbonyl (C=O) groups is 1. The number of para-hydroxylation sites is 1. The van der Waals surface area contributed by atoms with Crippen LogP contribution in [-0.4, -0.2) is 52.6 Å². The standard InChI is InChI=1S/C29H23N5O6/c1-37-22-12-17(13-23(38-2)26(22)39-3)24-25-19(18-6-4-5-7-20(18)30-25)14-21(31-24)29-33-32-28(40-29)16-10-8-15(9-11-16)27(35)34-36/h4-14,30,36H,1-3H3,(H,34,35). The quantitative estimate of drug-likeness (QED) is 0.184. The number of amides is 1. The van der Waals surface area contributed by atoms with Crippen molar-refractivity contribution in [3.05, 3.63) is 72.3 Å². The van der Waals surface area contributed by atoms with Crippen LogP contribution in [0.5, 0.6) is 17.2 Å². The van der Waals surface area contributed by atoms with Crippen molar-refractivity contribution in [3.8, 4) is 51.5 Å². The molecule has 3 N–H and O–H groups in total. The van der Waals surface area contributed by atoms with Crippen LogP contribution in [0.2, 0.25) is 0 Å². The Kier molecular flexibility index (Phi) is 6.25. The van der Waals surface area contributed by atoms with Crippen LogP contribution >= 0.6 is 0 Å². The molecule has 3 aromatic heterocycles. The van der Waals surface area contributed by atoms with E-state index in [0.717, 1.165) is 27.4 Å². The summed E-state index contributed by atoms with van der Waals surface area (Å²) in [5.41, 5.74) is 6.08. The molecule has 0 saturated carbocycles. The predicted octanol–water partition coefficient (Wildman–Crippen LogP) is 5.24. The Bertz CT molecular complexity index is 1850. The number of aromatic amines is 1. The summed E-state index contributed by atoms with van der Waals surface area (Å²) in [6.45, 7) is 0. The lowest BCUT2D eigenvalue weighted by Crippen LogP contribution is -2.18. The molecular formula is C29H23N5O6. The third-order valence-electron chi connectivity index (χ3n) is 6.57. The first-order valence-electron chi connectivity index (χ1n) is 12.1. The minimum absolute atomic E-state index is 0.216. The van der Waals surface area contributed by atoms with Crippen LogP contribution in [-0.2, 0) is 0 Å². The number of carbonyl (C=O) groups excluding carboxylic acids is 1. The predicted molar refractivity (Wildman–Crippen MR) is 147 cm³/mol. The molecule has 0 saturated heterocycles. The lowest BCUT2D eigenvalue weighted by molar-refractivity contribution is 0.0706. The van der Waals surface area contributed by atoms with Gasteiger partial charge in [-0.05, 0) is 48.5 Å². The molecule has 0 spiro atoms. The highest BCUT2D eigenvalue weighted by molar-refractivity contribution is 6.12. The van der Waals surface area contributed by atoms with Crippen LogP contribution < -0.4 is 19.7 Å². The topological polar surface area (TPSA) is 145 Å². The largest absolute Gasteiger partial charge is 0.493 e. The fraction of sp³-hybridized carbons (Fsp3) is 0.103. The van der Waals surface area contributed by atoms with Crippen molar-refractivity contribution in [1.29, 1.82) is 0 Å². The highest BCUT2D eigenvalue weighted by atomic mass is 16.5. The lowest BCUT2D eigenvalue weighted by atomic mass is 10.1. The molecule has 0 radical (unpaired) electrons. The van der Waals surface area contributed by atoms with Gasteiger partial charge in [0.1, 0.15) is 5.69 Å². The third kappa shape index (κ3) is 4.14. The maximum atomic E-state index is 11.6. The summed E-state index contributed by atoms with van der Waals surface area (Å²) in [7, 11) is 4.68. The van der Waals surface area contributed by atoms with Gasteiger partial charge in [0.2, 0.25) is 11.6 Å². The molecule has 0 bridgehead atoms. The number of nitrogens with zero attached hydrogens (tertiary/aromatic N) is 3. The third-order valence-corrected chi connectivity index (χ3v) is 6.57. The van der Waals surface area contributed by atoms with E-state index in [1.54, 1.807) is 51.1 Å². The number of hydroxylamine groups is 1. The Labute approximate surface area is 227 Å². The molecule has 40 heavy (non-hydrogen) atoms. The van der Waals surface area contributed by atoms with E-state index >= 15 is 0 Å². The number of rotatable bonds is 7. The molecule has 0 aliphatic heterocycles. The number of methoxy groups -OCH3 is 3. The van der Waals surface area contributed by atoms with Gasteiger partial charge >= 0.3 is 0 Å². The molecule has 1 amide bonds. The van der Waals surface area contributed by atoms with E-state index in [9.17, 15) is 4.79 Å². The van der Waals surface area contributed by atoms with Crippen LogP contribution in [0.1, 0.15) is 10.4 Å². The number of hydrogen-bond donors (Lipinski definition) is 3. The van der Waals surface area contributed by atoms with Crippen LogP contribution in [0, 0.1) is 0 Å². The van der Waals surface area contributed by atoms with Crippen LogP contribution in [0.25, 0.3) is 56.1 Å². The van der Waals surface area contributed by atoms with E-state index in [-0.39, 0.29) is 17.3 Å². The second-order valence-electron chi connectivity index (χ2n) is 8.79. The molecule has 0 fully saturated rings. The van der Waals surface area contributed by atoms with Crippen LogP contribution in [0.15, 0.2) is 71.1 Å². The molecule has 0 atom stereocenters. The normalized spacial score (nSPS) is 11.1. The lowest BCUT2D eigenvalue weighted by Gasteiger charge is -2.14. The van der Waals surface area contributed by atoms with Gasteiger partial charge in [-0.1, -0.05) is 18.2 Å². The van der Waals surface area contributed by atoms with Gasteiger partial charge in [0.15, 0.2) is 11.5 Å². The maximum Gasteiger partial charge on any atom is 0.274 e. The molecule has 11 nitrogen and oxygen atoms in total. The van der Waals surface area contributed by atoms with E-state index in [0.29, 0.717) is 34.2 Å². The number of H-pyrrole nitrogens is 1. The number of hydrogen-bond acceptors (Lipinski definition) is 9. The second kappa shape index (κ2) is 10.0. The molecule has 0 aliphatic rings. The Morgan fingerprint density at radius 2 is 1.55 bits per heavy atom. The van der Waals surface area contributed by atoms with Gasteiger partial charge in [0.05, 0.1) is 32.5 Å². The van der Waals surface area contributed by atoms with Gasteiger partial charge in [0, 0.05) is 33.0 Å². The first-order chi connectivity index (χ1) is 19.5. The Balaban J connectivity index is 1.52. The Hall–Kier alpha value is -5.42. The van der Waals surface area contributed by atoms with Gasteiger partial charge in [0.25, 0.3) is 11.8 Å². The minimum Gasteiger partial charge on any atom is -0.493 e. The maximum absolute atomic E-state index is 11.6. The van der Waals surface area contributed by atoms with E-state index in [1.165, 1.54) is 0 Å². The zero-order chi connectivity index (χ0) is 27.8. The number of aromatic nitrogens is 4. The number of ether oxygens (including phenoxy) is 3. The van der Waals surface area contributed by atoms with Crippen molar-refractivity contribution >= 4 is 27.7 Å². The van der Waals surface area contributed by atoms with Crippen molar-refractivity contribution in [2.24, 2.45) is 0 Å². The van der Waals surface area contributed by atoms with E-state index < -0.39 is 5.91 Å². The SMILES string of the molecule is COc1cc(-c2nc(-c3nnc(-c4ccc(C(=O)NO)cc4)o3)cc3c2[nH]c2ccccc23)cc(OC)c1OC. The number of nitrogens with one attached hydrogen (secondary N) is 2. The van der Waals surface area contributed by atoms with E-state index in [1.807, 2.05) is 42.5 Å². The van der Waals surface area contributed by atoms with Crippen molar-refractivity contribution in [2.45, 2.75) is 0 Å². The second-order valence-corrected chi connectivity index (χ2v) is 8.79. The summed E-state index contributed by atoms with van der Waals surface area (Å²) in [4.78, 5) is 20.1. The number of benzene rings is 3. The van der Waals surface area contributed by atoms with Gasteiger partial charge in [-0.3, -0.25) is 10.0 Å². The molecule has 200 valence electrons. The smallest absolute Gasteiger partial charge is 0.274 e. The van der Waals surface area contributed by atoms with Gasteiger partial charge in [-0.15, -0.1) is 10.2 Å². The van der Waals surface area contributed by atoms with Gasteiger partial charge in [-0.25, -0.2) is 10.5 Å². The molecule has 3 heterocycles. The summed E-state index contributed by atoms with van der Waals surface area (Å²) >= 11 is 0. The summed E-state index contributed by atoms with van der Waals surface area (Å²) in [5, 5.41) is 19.2. The average Bonchev–Trinajstić information content (AvgIpc) is 3.65. The highest BCUT2D eigenvalue weighted by Gasteiger charge is 2.21. The number of fused-ring (bicyclic) bond motifs is 3. The average molecular weight is 538 g/mol. The minimum atomic E-state index is -0.617. The number of pyridine rings is 1. The molecule has 0 aliphatic carbocycles. The summed E-state index contributed by atoms with van der Waals surface area (Å²) in [6, 6.07) is 19.9. The van der Waals surface area contributed by atoms with Crippen molar-refractivity contribution in [1.82, 2.24) is 25.6 Å². The fourth-order valence-corrected chi connectivity index (χ4v) is 4.65. The Morgan fingerprint density at radius 3 is 2.23 bits per heavy atom. The summed E-state index contributed by atoms with van der Waals surface area (Å²) in [6.07, 6.45) is 0. The first-order valence-corrected chi connectivity index (χ1v) is 12.1. The van der Waals surface area contributed by atoms with Crippen molar-refractivity contribution < 1.29 is 28.6 Å². The van der Waals surface area contributed by atoms with Crippen LogP contribution in [0.4, 0.5) is 0 Å². The monoisotopic (exact) mass is 537 g/mol. The zero-order valence-corrected chi connectivity index (χ0v) is 21.7. The van der Waals surface area contributed by atoms with Crippen LogP contribution in [0.3, 0.4) is 0 Å². The fourth-order valence-electron chi connectivity index (χ4n) is 4.65. The molecule has 0 unspecified atom stereocenters. The highest BCUT2D eigenvalue weighted by Crippen LogP contribution is 2.43. The molecule has 11 heteroatoms. The van der Waals surface area contributed by atoms with Crippen molar-refractivity contribution in [2.75, 3.05) is 21.3 Å². The molecule has 6 aromatic rings. The van der Waals surface area contributed by atoms with E-state index in [4.69, 9.17) is 28.8 Å². The van der Waals surface area contributed by atoms with Gasteiger partial charge < -0.3 is 23.6 Å². The van der Waals surface area contributed by atoms with E-state index in [2.05, 4.69) is 15.2 Å². The van der Waals surface area contributed by atoms with Gasteiger partial charge in [-0.2, -0.15) is 0 Å².